The van der Waals surface area contributed by atoms with Gasteiger partial charge in [-0.15, -0.1) is 0 Å². The van der Waals surface area contributed by atoms with Gasteiger partial charge in [-0.25, -0.2) is 0 Å². The summed E-state index contributed by atoms with van der Waals surface area (Å²) in [4.78, 5) is 14.8. The summed E-state index contributed by atoms with van der Waals surface area (Å²) in [5, 5.41) is 12.5. The molecule has 3 rings (SSSR count). The van der Waals surface area contributed by atoms with Crippen molar-refractivity contribution in [1.82, 2.24) is 10.3 Å². The molecule has 2 heterocycles. The molecular formula is C16H13F3N2O3. The summed E-state index contributed by atoms with van der Waals surface area (Å²) < 4.78 is 43.1. The topological polar surface area (TPSA) is 78.3 Å². The number of benzene rings is 1. The molecule has 1 atom stereocenters. The van der Waals surface area contributed by atoms with Crippen LogP contribution in [0.5, 0.6) is 0 Å². The molecule has 0 aliphatic carbocycles. The zero-order valence-electron chi connectivity index (χ0n) is 12.2. The van der Waals surface area contributed by atoms with Crippen molar-refractivity contribution in [3.8, 4) is 0 Å². The van der Waals surface area contributed by atoms with Crippen LogP contribution in [0.3, 0.4) is 0 Å². The maximum absolute atomic E-state index is 12.7. The SMILES string of the molecule is O=C(NCC(O)c1cccc(C(F)(F)F)c1)c1cc2occc2[nH]1. The molecule has 0 saturated carbocycles. The van der Waals surface area contributed by atoms with Crippen molar-refractivity contribution in [2.75, 3.05) is 6.54 Å². The molecule has 3 N–H and O–H groups in total. The maximum Gasteiger partial charge on any atom is 0.416 e. The second-order valence-corrected chi connectivity index (χ2v) is 5.23. The van der Waals surface area contributed by atoms with Crippen LogP contribution < -0.4 is 5.32 Å². The fourth-order valence-corrected chi connectivity index (χ4v) is 2.30. The first-order valence-electron chi connectivity index (χ1n) is 7.04. The van der Waals surface area contributed by atoms with E-state index in [4.69, 9.17) is 4.42 Å². The van der Waals surface area contributed by atoms with E-state index in [1.54, 1.807) is 6.07 Å². The summed E-state index contributed by atoms with van der Waals surface area (Å²) in [5.41, 5.74) is 0.623. The molecule has 0 aliphatic rings. The number of amides is 1. The lowest BCUT2D eigenvalue weighted by molar-refractivity contribution is -0.137. The van der Waals surface area contributed by atoms with Crippen LogP contribution in [0.25, 0.3) is 11.1 Å². The minimum atomic E-state index is -4.49. The summed E-state index contributed by atoms with van der Waals surface area (Å²) in [5.74, 6) is -0.493. The summed E-state index contributed by atoms with van der Waals surface area (Å²) in [6.45, 7) is -0.222. The average molecular weight is 338 g/mol. The van der Waals surface area contributed by atoms with Gasteiger partial charge in [-0.1, -0.05) is 12.1 Å². The molecule has 0 aliphatic heterocycles. The third kappa shape index (κ3) is 3.28. The number of halogens is 3. The molecule has 0 radical (unpaired) electrons. The molecule has 1 amide bonds. The molecule has 1 aromatic carbocycles. The number of rotatable bonds is 4. The molecule has 0 saturated heterocycles. The number of carbonyl (C=O) groups excluding carboxylic acids is 1. The first-order valence-corrected chi connectivity index (χ1v) is 7.04. The Bertz CT molecular complexity index is 838. The van der Waals surface area contributed by atoms with Gasteiger partial charge in [0, 0.05) is 18.7 Å². The van der Waals surface area contributed by atoms with Crippen LogP contribution in [-0.4, -0.2) is 22.5 Å². The average Bonchev–Trinajstić information content (AvgIpc) is 3.13. The first kappa shape index (κ1) is 16.1. The van der Waals surface area contributed by atoms with Gasteiger partial charge in [0.1, 0.15) is 5.69 Å². The van der Waals surface area contributed by atoms with Crippen LogP contribution in [0.4, 0.5) is 13.2 Å². The number of fused-ring (bicyclic) bond motifs is 1. The van der Waals surface area contributed by atoms with Crippen LogP contribution >= 0.6 is 0 Å². The lowest BCUT2D eigenvalue weighted by atomic mass is 10.1. The second-order valence-electron chi connectivity index (χ2n) is 5.23. The molecule has 0 fully saturated rings. The van der Waals surface area contributed by atoms with Gasteiger partial charge in [-0.3, -0.25) is 4.79 Å². The molecule has 8 heteroatoms. The number of H-pyrrole nitrogens is 1. The predicted molar refractivity (Wildman–Crippen MR) is 79.3 cm³/mol. The zero-order valence-corrected chi connectivity index (χ0v) is 12.2. The summed E-state index contributed by atoms with van der Waals surface area (Å²) in [6.07, 6.45) is -4.27. The Balaban J connectivity index is 1.65. The Morgan fingerprint density at radius 2 is 2.08 bits per heavy atom. The number of hydrogen-bond acceptors (Lipinski definition) is 3. The van der Waals surface area contributed by atoms with Gasteiger partial charge >= 0.3 is 6.18 Å². The third-order valence-electron chi connectivity index (χ3n) is 3.54. The highest BCUT2D eigenvalue weighted by Crippen LogP contribution is 2.30. The molecule has 126 valence electrons. The van der Waals surface area contributed by atoms with E-state index in [2.05, 4.69) is 10.3 Å². The van der Waals surface area contributed by atoms with Crippen molar-refractivity contribution in [2.24, 2.45) is 0 Å². The number of furan rings is 1. The first-order chi connectivity index (χ1) is 11.3. The van der Waals surface area contributed by atoms with Crippen LogP contribution in [0.15, 0.2) is 47.1 Å². The highest BCUT2D eigenvalue weighted by molar-refractivity contribution is 5.96. The van der Waals surface area contributed by atoms with Crippen LogP contribution in [0.1, 0.15) is 27.7 Å². The van der Waals surface area contributed by atoms with Crippen molar-refractivity contribution in [1.29, 1.82) is 0 Å². The smallest absolute Gasteiger partial charge is 0.416 e. The zero-order chi connectivity index (χ0) is 17.3. The van der Waals surface area contributed by atoms with E-state index in [0.29, 0.717) is 11.1 Å². The Morgan fingerprint density at radius 3 is 2.79 bits per heavy atom. The fourth-order valence-electron chi connectivity index (χ4n) is 2.30. The van der Waals surface area contributed by atoms with Gasteiger partial charge in [0.15, 0.2) is 5.58 Å². The Morgan fingerprint density at radius 1 is 1.29 bits per heavy atom. The Labute approximate surface area is 134 Å². The van der Waals surface area contributed by atoms with Crippen LogP contribution in [-0.2, 0) is 6.18 Å². The van der Waals surface area contributed by atoms with Crippen molar-refractivity contribution in [2.45, 2.75) is 12.3 Å². The largest absolute Gasteiger partial charge is 0.463 e. The molecule has 1 unspecified atom stereocenters. The molecule has 0 bridgehead atoms. The Hall–Kier alpha value is -2.74. The van der Waals surface area contributed by atoms with Crippen molar-refractivity contribution < 1.29 is 27.5 Å². The van der Waals surface area contributed by atoms with E-state index < -0.39 is 23.8 Å². The molecule has 3 aromatic rings. The van der Waals surface area contributed by atoms with Crippen molar-refractivity contribution in [3.63, 3.8) is 0 Å². The van der Waals surface area contributed by atoms with E-state index in [1.165, 1.54) is 24.5 Å². The number of hydrogen-bond donors (Lipinski definition) is 3. The fraction of sp³-hybridized carbons (Fsp3) is 0.188. The minimum Gasteiger partial charge on any atom is -0.463 e. The number of nitrogens with one attached hydrogen (secondary N) is 2. The number of aromatic amines is 1. The normalized spacial score (nSPS) is 13.2. The van der Waals surface area contributed by atoms with E-state index in [-0.39, 0.29) is 17.8 Å². The minimum absolute atomic E-state index is 0.0744. The maximum atomic E-state index is 12.7. The Kier molecular flexibility index (Phi) is 4.06. The number of aromatic nitrogens is 1. The molecule has 0 spiro atoms. The van der Waals surface area contributed by atoms with Gasteiger partial charge in [0.2, 0.25) is 0 Å². The second kappa shape index (κ2) is 6.04. The highest BCUT2D eigenvalue weighted by Gasteiger charge is 2.30. The third-order valence-corrected chi connectivity index (χ3v) is 3.54. The van der Waals surface area contributed by atoms with E-state index >= 15 is 0 Å². The van der Waals surface area contributed by atoms with Gasteiger partial charge < -0.3 is 19.8 Å². The number of aliphatic hydroxyl groups excluding tert-OH is 1. The monoisotopic (exact) mass is 338 g/mol. The quantitative estimate of drug-likeness (QED) is 0.683. The lowest BCUT2D eigenvalue weighted by Gasteiger charge is -2.14. The van der Waals surface area contributed by atoms with E-state index in [1.807, 2.05) is 0 Å². The standard InChI is InChI=1S/C16H13F3N2O3/c17-16(18,19)10-3-1-2-9(6-10)13(22)8-20-15(23)12-7-14-11(21-12)4-5-24-14/h1-7,13,21-22H,8H2,(H,20,23). The number of carbonyl (C=O) groups is 1. The van der Waals surface area contributed by atoms with Crippen molar-refractivity contribution >= 4 is 17.0 Å². The summed E-state index contributed by atoms with van der Waals surface area (Å²) in [6, 6.07) is 7.52. The molecule has 5 nitrogen and oxygen atoms in total. The van der Waals surface area contributed by atoms with Gasteiger partial charge in [-0.05, 0) is 17.7 Å². The number of aliphatic hydroxyl groups is 1. The number of alkyl halides is 3. The van der Waals surface area contributed by atoms with Crippen molar-refractivity contribution in [3.05, 3.63) is 59.5 Å². The van der Waals surface area contributed by atoms with Gasteiger partial charge in [0.05, 0.1) is 23.4 Å². The molecule has 2 aromatic heterocycles. The highest BCUT2D eigenvalue weighted by atomic mass is 19.4. The van der Waals surface area contributed by atoms with E-state index in [0.717, 1.165) is 12.1 Å². The lowest BCUT2D eigenvalue weighted by Crippen LogP contribution is -2.28. The predicted octanol–water partition coefficient (Wildman–Crippen LogP) is 3.24. The molecule has 24 heavy (non-hydrogen) atoms. The van der Waals surface area contributed by atoms with Crippen LogP contribution in [0.2, 0.25) is 0 Å². The molecular weight excluding hydrogens is 325 g/mol. The van der Waals surface area contributed by atoms with E-state index in [9.17, 15) is 23.1 Å². The summed E-state index contributed by atoms with van der Waals surface area (Å²) >= 11 is 0. The van der Waals surface area contributed by atoms with Gasteiger partial charge in [-0.2, -0.15) is 13.2 Å². The van der Waals surface area contributed by atoms with Gasteiger partial charge in [0.25, 0.3) is 5.91 Å². The van der Waals surface area contributed by atoms with Crippen LogP contribution in [0, 0.1) is 0 Å². The summed E-state index contributed by atoms with van der Waals surface area (Å²) in [7, 11) is 0.